The predicted octanol–water partition coefficient (Wildman–Crippen LogP) is 2.76. The Hall–Kier alpha value is -0.510. The summed E-state index contributed by atoms with van der Waals surface area (Å²) in [6.07, 6.45) is 1.36. The summed E-state index contributed by atoms with van der Waals surface area (Å²) in [6.45, 7) is 0. The largest absolute Gasteiger partial charge is 0.410 e. The first kappa shape index (κ1) is 9.58. The summed E-state index contributed by atoms with van der Waals surface area (Å²) in [5.41, 5.74) is 0.411. The van der Waals surface area contributed by atoms with Crippen molar-refractivity contribution >= 4 is 40.0 Å². The van der Waals surface area contributed by atoms with E-state index in [-0.39, 0.29) is 15.3 Å². The maximum absolute atomic E-state index is 8.30. The summed E-state index contributed by atoms with van der Waals surface area (Å²) in [7, 11) is 0. The van der Waals surface area contributed by atoms with E-state index in [4.69, 9.17) is 40.0 Å². The molecule has 1 N–H and O–H groups in total. The van der Waals surface area contributed by atoms with Gasteiger partial charge in [-0.25, -0.2) is 4.98 Å². The molecule has 1 rings (SSSR count). The molecule has 0 aromatic carbocycles. The Balaban J connectivity index is 3.13. The number of aromatic nitrogens is 1. The van der Waals surface area contributed by atoms with E-state index in [9.17, 15) is 0 Å². The number of rotatable bonds is 1. The third-order valence-corrected chi connectivity index (χ3v) is 2.10. The van der Waals surface area contributed by atoms with E-state index in [1.807, 2.05) is 0 Å². The average molecular weight is 225 g/mol. The molecule has 1 aromatic heterocycles. The fourth-order valence-corrected chi connectivity index (χ4v) is 0.965. The van der Waals surface area contributed by atoms with Crippen molar-refractivity contribution in [2.24, 2.45) is 5.16 Å². The van der Waals surface area contributed by atoms with Crippen LogP contribution in [0.3, 0.4) is 0 Å². The van der Waals surface area contributed by atoms with Crippen molar-refractivity contribution in [2.45, 2.75) is 0 Å². The molecule has 0 bridgehead atoms. The zero-order chi connectivity index (χ0) is 9.14. The molecule has 0 atom stereocenters. The Morgan fingerprint density at radius 3 is 2.67 bits per heavy atom. The van der Waals surface area contributed by atoms with Gasteiger partial charge >= 0.3 is 0 Å². The molecule has 0 unspecified atom stereocenters. The monoisotopic (exact) mass is 224 g/mol. The van der Waals surface area contributed by atoms with Gasteiger partial charge in [0.1, 0.15) is 5.15 Å². The Morgan fingerprint density at radius 1 is 1.50 bits per heavy atom. The average Bonchev–Trinajstić information content (AvgIpc) is 2.08. The molecule has 0 amide bonds. The zero-order valence-electron chi connectivity index (χ0n) is 5.63. The third kappa shape index (κ3) is 2.00. The number of hydrogen-bond acceptors (Lipinski definition) is 3. The lowest BCUT2D eigenvalue weighted by Gasteiger charge is -1.97. The van der Waals surface area contributed by atoms with E-state index in [1.54, 1.807) is 0 Å². The summed E-state index contributed by atoms with van der Waals surface area (Å²) in [5.74, 6) is 0. The molecule has 0 aliphatic heterocycles. The molecule has 64 valence electrons. The number of pyridine rings is 1. The second-order valence-corrected chi connectivity index (χ2v) is 3.01. The van der Waals surface area contributed by atoms with Crippen LogP contribution in [0.2, 0.25) is 10.2 Å². The van der Waals surface area contributed by atoms with Gasteiger partial charge in [0, 0.05) is 11.8 Å². The van der Waals surface area contributed by atoms with Crippen LogP contribution in [0.4, 0.5) is 0 Å². The standard InChI is InChI=1S/C6H3Cl3N2O/c7-4-1-3(5(8)11-12)2-10-6(4)9/h1-2,12H/b11-5+. The minimum absolute atomic E-state index is 0.0823. The van der Waals surface area contributed by atoms with Crippen molar-refractivity contribution in [1.29, 1.82) is 0 Å². The first-order valence-corrected chi connectivity index (χ1v) is 3.97. The van der Waals surface area contributed by atoms with E-state index >= 15 is 0 Å². The van der Waals surface area contributed by atoms with Crippen LogP contribution in [0.1, 0.15) is 5.56 Å². The lowest BCUT2D eigenvalue weighted by atomic mass is 10.3. The summed E-state index contributed by atoms with van der Waals surface area (Å²) in [5, 5.41) is 11.4. The summed E-state index contributed by atoms with van der Waals surface area (Å²) < 4.78 is 0. The molecule has 6 heteroatoms. The first-order valence-electron chi connectivity index (χ1n) is 2.84. The minimum Gasteiger partial charge on any atom is -0.410 e. The second-order valence-electron chi connectivity index (χ2n) is 1.89. The summed E-state index contributed by atoms with van der Waals surface area (Å²) in [6, 6.07) is 1.46. The number of halogens is 3. The zero-order valence-corrected chi connectivity index (χ0v) is 7.90. The molecule has 12 heavy (non-hydrogen) atoms. The van der Waals surface area contributed by atoms with Crippen molar-refractivity contribution in [1.82, 2.24) is 4.98 Å². The molecule has 0 aliphatic carbocycles. The first-order chi connectivity index (χ1) is 5.65. The molecule has 0 saturated heterocycles. The summed E-state index contributed by atoms with van der Waals surface area (Å²) in [4.78, 5) is 3.70. The van der Waals surface area contributed by atoms with Crippen LogP contribution in [0.15, 0.2) is 17.4 Å². The maximum Gasteiger partial charge on any atom is 0.176 e. The van der Waals surface area contributed by atoms with E-state index in [0.717, 1.165) is 0 Å². The van der Waals surface area contributed by atoms with Crippen LogP contribution in [-0.2, 0) is 0 Å². The van der Waals surface area contributed by atoms with Crippen molar-refractivity contribution in [3.63, 3.8) is 0 Å². The Kier molecular flexibility index (Phi) is 3.14. The highest BCUT2D eigenvalue weighted by Crippen LogP contribution is 2.20. The van der Waals surface area contributed by atoms with Gasteiger partial charge in [-0.1, -0.05) is 40.0 Å². The summed E-state index contributed by atoms with van der Waals surface area (Å²) >= 11 is 16.6. The van der Waals surface area contributed by atoms with E-state index in [1.165, 1.54) is 12.3 Å². The van der Waals surface area contributed by atoms with E-state index in [0.29, 0.717) is 5.56 Å². The van der Waals surface area contributed by atoms with Gasteiger partial charge in [-0.2, -0.15) is 0 Å². The quantitative estimate of drug-likeness (QED) is 0.346. The lowest BCUT2D eigenvalue weighted by Crippen LogP contribution is -1.92. The van der Waals surface area contributed by atoms with Crippen LogP contribution in [0.5, 0.6) is 0 Å². The van der Waals surface area contributed by atoms with Crippen LogP contribution in [0, 0.1) is 0 Å². The highest BCUT2D eigenvalue weighted by Gasteiger charge is 2.04. The predicted molar refractivity (Wildman–Crippen MR) is 48.4 cm³/mol. The molecule has 0 fully saturated rings. The smallest absolute Gasteiger partial charge is 0.176 e. The van der Waals surface area contributed by atoms with Crippen LogP contribution in [-0.4, -0.2) is 15.4 Å². The van der Waals surface area contributed by atoms with Gasteiger partial charge in [0.25, 0.3) is 0 Å². The Bertz CT molecular complexity index is 327. The SMILES string of the molecule is O/N=C(/Cl)c1cnc(Cl)c(Cl)c1. The number of oxime groups is 1. The molecule has 0 saturated carbocycles. The van der Waals surface area contributed by atoms with Gasteiger partial charge in [-0.05, 0) is 6.07 Å². The van der Waals surface area contributed by atoms with Crippen molar-refractivity contribution < 1.29 is 5.21 Å². The van der Waals surface area contributed by atoms with E-state index in [2.05, 4.69) is 10.1 Å². The lowest BCUT2D eigenvalue weighted by molar-refractivity contribution is 0.321. The molecular weight excluding hydrogens is 222 g/mol. The molecule has 1 heterocycles. The van der Waals surface area contributed by atoms with Crippen molar-refractivity contribution in [2.75, 3.05) is 0 Å². The third-order valence-electron chi connectivity index (χ3n) is 1.12. The fraction of sp³-hybridized carbons (Fsp3) is 0. The van der Waals surface area contributed by atoms with Gasteiger partial charge < -0.3 is 5.21 Å². The fourth-order valence-electron chi connectivity index (χ4n) is 0.592. The van der Waals surface area contributed by atoms with Crippen LogP contribution >= 0.6 is 34.8 Å². The number of nitrogens with zero attached hydrogens (tertiary/aromatic N) is 2. The highest BCUT2D eigenvalue weighted by molar-refractivity contribution is 6.69. The minimum atomic E-state index is -0.0823. The number of hydrogen-bond donors (Lipinski definition) is 1. The van der Waals surface area contributed by atoms with Crippen LogP contribution in [0.25, 0.3) is 0 Å². The van der Waals surface area contributed by atoms with Crippen molar-refractivity contribution in [3.05, 3.63) is 28.0 Å². The van der Waals surface area contributed by atoms with Gasteiger partial charge in [-0.15, -0.1) is 0 Å². The van der Waals surface area contributed by atoms with Gasteiger partial charge in [0.05, 0.1) is 5.02 Å². The van der Waals surface area contributed by atoms with Crippen molar-refractivity contribution in [3.8, 4) is 0 Å². The molecule has 3 nitrogen and oxygen atoms in total. The van der Waals surface area contributed by atoms with E-state index < -0.39 is 0 Å². The normalized spacial score (nSPS) is 11.8. The molecule has 0 spiro atoms. The highest BCUT2D eigenvalue weighted by atomic mass is 35.5. The van der Waals surface area contributed by atoms with Gasteiger partial charge in [-0.3, -0.25) is 0 Å². The van der Waals surface area contributed by atoms with Crippen LogP contribution < -0.4 is 0 Å². The van der Waals surface area contributed by atoms with Gasteiger partial charge in [0.2, 0.25) is 0 Å². The molecular formula is C6H3Cl3N2O. The topological polar surface area (TPSA) is 45.5 Å². The molecule has 0 radical (unpaired) electrons. The Morgan fingerprint density at radius 2 is 2.17 bits per heavy atom. The molecule has 1 aromatic rings. The molecule has 0 aliphatic rings. The van der Waals surface area contributed by atoms with Gasteiger partial charge in [0.15, 0.2) is 5.17 Å². The Labute approximate surface area is 83.6 Å². The maximum atomic E-state index is 8.30. The second kappa shape index (κ2) is 3.94.